The molecule has 0 aliphatic carbocycles. The SMILES string of the molecule is C=C1CC(C)(C)C(=NC)N/C1=C/C=C(C)C. The number of aliphatic imine (C=N–C) groups is 1. The van der Waals surface area contributed by atoms with Gasteiger partial charge in [0.05, 0.1) is 0 Å². The third-order valence-electron chi connectivity index (χ3n) is 2.74. The quantitative estimate of drug-likeness (QED) is 0.716. The summed E-state index contributed by atoms with van der Waals surface area (Å²) in [5.74, 6) is 1.04. The number of amidine groups is 1. The van der Waals surface area contributed by atoms with E-state index >= 15 is 0 Å². The van der Waals surface area contributed by atoms with Crippen molar-refractivity contribution in [1.82, 2.24) is 5.32 Å². The number of hydrogen-bond acceptors (Lipinski definition) is 1. The summed E-state index contributed by atoms with van der Waals surface area (Å²) < 4.78 is 0. The standard InChI is InChI=1S/C14H22N2/c1-10(2)7-8-12-11(3)9-14(4,5)13(15-6)16-12/h7-8H,3,9H2,1-2,4-6H3,(H,15,16)/b12-8+. The van der Waals surface area contributed by atoms with Crippen molar-refractivity contribution in [3.05, 3.63) is 35.6 Å². The number of piperidine rings is 1. The van der Waals surface area contributed by atoms with Gasteiger partial charge in [0.15, 0.2) is 0 Å². The van der Waals surface area contributed by atoms with Crippen molar-refractivity contribution < 1.29 is 0 Å². The van der Waals surface area contributed by atoms with Crippen molar-refractivity contribution in [2.75, 3.05) is 7.05 Å². The van der Waals surface area contributed by atoms with E-state index in [1.807, 2.05) is 7.05 Å². The zero-order valence-corrected chi connectivity index (χ0v) is 11.0. The minimum absolute atomic E-state index is 0.0636. The molecule has 1 heterocycles. The second-order valence-corrected chi connectivity index (χ2v) is 5.19. The molecular formula is C14H22N2. The van der Waals surface area contributed by atoms with E-state index in [9.17, 15) is 0 Å². The van der Waals surface area contributed by atoms with Crippen molar-refractivity contribution in [2.45, 2.75) is 34.1 Å². The molecular weight excluding hydrogens is 196 g/mol. The Morgan fingerprint density at radius 2 is 2.06 bits per heavy atom. The lowest BCUT2D eigenvalue weighted by molar-refractivity contribution is 0.486. The summed E-state index contributed by atoms with van der Waals surface area (Å²) in [6.45, 7) is 12.7. The molecule has 0 aromatic heterocycles. The molecule has 1 aliphatic rings. The minimum Gasteiger partial charge on any atom is -0.343 e. The van der Waals surface area contributed by atoms with Gasteiger partial charge in [-0.25, -0.2) is 0 Å². The van der Waals surface area contributed by atoms with Crippen LogP contribution in [0.1, 0.15) is 34.1 Å². The van der Waals surface area contributed by atoms with Gasteiger partial charge < -0.3 is 5.32 Å². The maximum absolute atomic E-state index is 4.31. The second-order valence-electron chi connectivity index (χ2n) is 5.19. The fourth-order valence-electron chi connectivity index (χ4n) is 1.87. The van der Waals surface area contributed by atoms with E-state index in [0.717, 1.165) is 23.5 Å². The van der Waals surface area contributed by atoms with Gasteiger partial charge in [-0.3, -0.25) is 4.99 Å². The zero-order valence-electron chi connectivity index (χ0n) is 11.0. The van der Waals surface area contributed by atoms with E-state index in [-0.39, 0.29) is 5.41 Å². The monoisotopic (exact) mass is 218 g/mol. The third-order valence-corrected chi connectivity index (χ3v) is 2.74. The van der Waals surface area contributed by atoms with Crippen LogP contribution in [0.5, 0.6) is 0 Å². The first-order valence-corrected chi connectivity index (χ1v) is 5.64. The summed E-state index contributed by atoms with van der Waals surface area (Å²) in [5, 5.41) is 3.37. The van der Waals surface area contributed by atoms with E-state index in [1.54, 1.807) is 0 Å². The molecule has 0 saturated carbocycles. The van der Waals surface area contributed by atoms with E-state index in [2.05, 4.69) is 56.7 Å². The van der Waals surface area contributed by atoms with Crippen LogP contribution in [0.25, 0.3) is 0 Å². The van der Waals surface area contributed by atoms with Crippen LogP contribution >= 0.6 is 0 Å². The first kappa shape index (κ1) is 12.8. The molecule has 2 nitrogen and oxygen atoms in total. The van der Waals surface area contributed by atoms with E-state index in [4.69, 9.17) is 0 Å². The molecule has 1 saturated heterocycles. The number of nitrogens with one attached hydrogen (secondary N) is 1. The molecule has 1 fully saturated rings. The largest absolute Gasteiger partial charge is 0.343 e. The highest BCUT2D eigenvalue weighted by Crippen LogP contribution is 2.33. The van der Waals surface area contributed by atoms with Crippen molar-refractivity contribution in [3.63, 3.8) is 0 Å². The molecule has 0 unspecified atom stereocenters. The molecule has 0 amide bonds. The molecule has 0 radical (unpaired) electrons. The van der Waals surface area contributed by atoms with Crippen molar-refractivity contribution in [2.24, 2.45) is 10.4 Å². The molecule has 0 bridgehead atoms. The van der Waals surface area contributed by atoms with Crippen LogP contribution in [0.15, 0.2) is 40.6 Å². The first-order chi connectivity index (χ1) is 7.36. The summed E-state index contributed by atoms with van der Waals surface area (Å²) in [5.41, 5.74) is 3.58. The fourth-order valence-corrected chi connectivity index (χ4v) is 1.87. The summed E-state index contributed by atoms with van der Waals surface area (Å²) in [7, 11) is 1.83. The summed E-state index contributed by atoms with van der Waals surface area (Å²) in [6, 6.07) is 0. The van der Waals surface area contributed by atoms with E-state index in [0.29, 0.717) is 0 Å². The Morgan fingerprint density at radius 1 is 1.44 bits per heavy atom. The highest BCUT2D eigenvalue weighted by Gasteiger charge is 2.31. The van der Waals surface area contributed by atoms with Gasteiger partial charge in [-0.2, -0.15) is 0 Å². The number of nitrogens with zero attached hydrogens (tertiary/aromatic N) is 1. The minimum atomic E-state index is 0.0636. The van der Waals surface area contributed by atoms with Crippen molar-refractivity contribution in [3.8, 4) is 0 Å². The molecule has 2 heteroatoms. The Balaban J connectivity index is 2.98. The van der Waals surface area contributed by atoms with Gasteiger partial charge >= 0.3 is 0 Å². The maximum atomic E-state index is 4.31. The van der Waals surface area contributed by atoms with Gasteiger partial charge in [0.25, 0.3) is 0 Å². The second kappa shape index (κ2) is 4.69. The highest BCUT2D eigenvalue weighted by molar-refractivity contribution is 5.91. The summed E-state index contributed by atoms with van der Waals surface area (Å²) >= 11 is 0. The van der Waals surface area contributed by atoms with Gasteiger partial charge in [0, 0.05) is 18.2 Å². The van der Waals surface area contributed by atoms with Gasteiger partial charge in [-0.15, -0.1) is 0 Å². The molecule has 16 heavy (non-hydrogen) atoms. The molecule has 1 rings (SSSR count). The average molecular weight is 218 g/mol. The molecule has 1 aliphatic heterocycles. The average Bonchev–Trinajstić information content (AvgIpc) is 2.15. The smallest absolute Gasteiger partial charge is 0.106 e. The number of rotatable bonds is 1. The number of allylic oxidation sites excluding steroid dienone is 4. The van der Waals surface area contributed by atoms with Gasteiger partial charge in [0.1, 0.15) is 5.84 Å². The molecule has 88 valence electrons. The zero-order chi connectivity index (χ0) is 12.3. The third kappa shape index (κ3) is 2.84. The van der Waals surface area contributed by atoms with E-state index in [1.165, 1.54) is 5.57 Å². The van der Waals surface area contributed by atoms with Crippen LogP contribution in [0.2, 0.25) is 0 Å². The van der Waals surface area contributed by atoms with Crippen LogP contribution in [-0.2, 0) is 0 Å². The lowest BCUT2D eigenvalue weighted by Gasteiger charge is -2.35. The molecule has 0 aromatic rings. The van der Waals surface area contributed by atoms with Crippen LogP contribution in [0, 0.1) is 5.41 Å². The summed E-state index contributed by atoms with van der Waals surface area (Å²) in [4.78, 5) is 4.31. The molecule has 0 aromatic carbocycles. The Bertz CT molecular complexity index is 378. The fraction of sp³-hybridized carbons (Fsp3) is 0.500. The Labute approximate surface area is 98.9 Å². The van der Waals surface area contributed by atoms with Crippen LogP contribution in [0.4, 0.5) is 0 Å². The highest BCUT2D eigenvalue weighted by atomic mass is 15.0. The van der Waals surface area contributed by atoms with Gasteiger partial charge in [0.2, 0.25) is 0 Å². The van der Waals surface area contributed by atoms with Crippen LogP contribution in [-0.4, -0.2) is 12.9 Å². The van der Waals surface area contributed by atoms with Gasteiger partial charge in [-0.1, -0.05) is 32.1 Å². The van der Waals surface area contributed by atoms with Crippen molar-refractivity contribution >= 4 is 5.84 Å². The lowest BCUT2D eigenvalue weighted by atomic mass is 9.80. The topological polar surface area (TPSA) is 24.4 Å². The van der Waals surface area contributed by atoms with Gasteiger partial charge in [-0.05, 0) is 31.9 Å². The normalized spacial score (nSPS) is 24.4. The predicted molar refractivity (Wildman–Crippen MR) is 71.5 cm³/mol. The Morgan fingerprint density at radius 3 is 2.56 bits per heavy atom. The van der Waals surface area contributed by atoms with Crippen molar-refractivity contribution in [1.29, 1.82) is 0 Å². The Hall–Kier alpha value is -1.31. The maximum Gasteiger partial charge on any atom is 0.106 e. The predicted octanol–water partition coefficient (Wildman–Crippen LogP) is 3.44. The lowest BCUT2D eigenvalue weighted by Crippen LogP contribution is -2.42. The number of hydrogen-bond donors (Lipinski definition) is 1. The molecule has 0 spiro atoms. The molecule has 1 N–H and O–H groups in total. The molecule has 0 atom stereocenters. The first-order valence-electron chi connectivity index (χ1n) is 5.64. The van der Waals surface area contributed by atoms with Crippen LogP contribution in [0.3, 0.4) is 0 Å². The summed E-state index contributed by atoms with van der Waals surface area (Å²) in [6.07, 6.45) is 5.13. The Kier molecular flexibility index (Phi) is 3.74. The van der Waals surface area contributed by atoms with E-state index < -0.39 is 0 Å². The van der Waals surface area contributed by atoms with Crippen LogP contribution < -0.4 is 5.32 Å².